The molecular weight excluding hydrogens is 317 g/mol. The molecule has 0 bridgehead atoms. The number of piperidine rings is 1. The molecule has 5 heteroatoms. The van der Waals surface area contributed by atoms with Gasteiger partial charge in [0.25, 0.3) is 0 Å². The molecule has 2 atom stereocenters. The third kappa shape index (κ3) is 3.35. The fourth-order valence-corrected chi connectivity index (χ4v) is 4.31. The summed E-state index contributed by atoms with van der Waals surface area (Å²) in [4.78, 5) is 14.5. The van der Waals surface area contributed by atoms with Crippen LogP contribution in [0.3, 0.4) is 0 Å². The first-order chi connectivity index (χ1) is 12.2. The molecule has 1 aromatic rings. The van der Waals surface area contributed by atoms with Gasteiger partial charge in [0.05, 0.1) is 17.3 Å². The van der Waals surface area contributed by atoms with Gasteiger partial charge in [-0.25, -0.2) is 4.39 Å². The number of hydrogen-bond donors (Lipinski definition) is 1. The summed E-state index contributed by atoms with van der Waals surface area (Å²) in [5.74, 6) is 1.45. The van der Waals surface area contributed by atoms with Gasteiger partial charge < -0.3 is 10.2 Å². The molecule has 1 heterocycles. The zero-order chi connectivity index (χ0) is 17.4. The highest BCUT2D eigenvalue weighted by atomic mass is 19.1. The summed E-state index contributed by atoms with van der Waals surface area (Å²) in [6.07, 6.45) is 6.59. The Balaban J connectivity index is 1.30. The van der Waals surface area contributed by atoms with Gasteiger partial charge in [-0.3, -0.25) is 4.79 Å². The van der Waals surface area contributed by atoms with Crippen molar-refractivity contribution in [2.24, 2.45) is 17.8 Å². The lowest BCUT2D eigenvalue weighted by Crippen LogP contribution is -2.51. The number of benzene rings is 1. The standard InChI is InChI=1S/C20H24FN3O/c21-17-11-13(12-22)1-6-19(17)24-9-7-15(8-10-24)20(25)23-18-5-4-16(18)14-2-3-14/h1,6,11,14-16,18H,2-5,7-10H2,(H,23,25). The van der Waals surface area contributed by atoms with E-state index in [2.05, 4.69) is 5.32 Å². The van der Waals surface area contributed by atoms with E-state index in [1.54, 1.807) is 12.1 Å². The van der Waals surface area contributed by atoms with Gasteiger partial charge in [-0.2, -0.15) is 5.26 Å². The molecule has 3 aliphatic rings. The molecule has 0 radical (unpaired) electrons. The van der Waals surface area contributed by atoms with E-state index in [-0.39, 0.29) is 17.6 Å². The van der Waals surface area contributed by atoms with Crippen molar-refractivity contribution in [2.45, 2.75) is 44.6 Å². The lowest BCUT2D eigenvalue weighted by molar-refractivity contribution is -0.127. The van der Waals surface area contributed by atoms with Gasteiger partial charge in [-0.1, -0.05) is 0 Å². The number of carbonyl (C=O) groups excluding carboxylic acids is 1. The normalized spacial score (nSPS) is 26.6. The van der Waals surface area contributed by atoms with Crippen molar-refractivity contribution in [3.63, 3.8) is 0 Å². The fraction of sp³-hybridized carbons (Fsp3) is 0.600. The summed E-state index contributed by atoms with van der Waals surface area (Å²) in [6.45, 7) is 1.36. The van der Waals surface area contributed by atoms with E-state index in [0.29, 0.717) is 30.4 Å². The van der Waals surface area contributed by atoms with E-state index < -0.39 is 0 Å². The third-order valence-corrected chi connectivity index (χ3v) is 6.17. The Labute approximate surface area is 148 Å². The molecule has 4 nitrogen and oxygen atoms in total. The number of nitrogens with zero attached hydrogens (tertiary/aromatic N) is 2. The molecule has 1 amide bonds. The first-order valence-electron chi connectivity index (χ1n) is 9.40. The first kappa shape index (κ1) is 16.4. The topological polar surface area (TPSA) is 56.1 Å². The second-order valence-electron chi connectivity index (χ2n) is 7.73. The monoisotopic (exact) mass is 341 g/mol. The Bertz CT molecular complexity index is 701. The second-order valence-corrected chi connectivity index (χ2v) is 7.73. The number of amides is 1. The van der Waals surface area contributed by atoms with Crippen LogP contribution in [0, 0.1) is 34.9 Å². The average molecular weight is 341 g/mol. The van der Waals surface area contributed by atoms with Crippen molar-refractivity contribution < 1.29 is 9.18 Å². The number of carbonyl (C=O) groups is 1. The van der Waals surface area contributed by atoms with E-state index in [0.717, 1.165) is 31.1 Å². The summed E-state index contributed by atoms with van der Waals surface area (Å²) in [5.41, 5.74) is 0.867. The Hall–Kier alpha value is -2.09. The van der Waals surface area contributed by atoms with Crippen molar-refractivity contribution in [3.8, 4) is 6.07 Å². The van der Waals surface area contributed by atoms with E-state index in [4.69, 9.17) is 5.26 Å². The van der Waals surface area contributed by atoms with Gasteiger partial charge in [-0.15, -0.1) is 0 Å². The van der Waals surface area contributed by atoms with Gasteiger partial charge in [0.1, 0.15) is 5.82 Å². The van der Waals surface area contributed by atoms with Crippen LogP contribution in [0.2, 0.25) is 0 Å². The van der Waals surface area contributed by atoms with Crippen molar-refractivity contribution in [2.75, 3.05) is 18.0 Å². The molecular formula is C20H24FN3O. The number of halogens is 1. The summed E-state index contributed by atoms with van der Waals surface area (Å²) < 4.78 is 14.2. The molecule has 0 spiro atoms. The predicted molar refractivity (Wildman–Crippen MR) is 93.4 cm³/mol. The minimum absolute atomic E-state index is 0.0399. The molecule has 3 fully saturated rings. The number of nitrogens with one attached hydrogen (secondary N) is 1. The Kier molecular flexibility index (Phi) is 4.37. The minimum Gasteiger partial charge on any atom is -0.369 e. The van der Waals surface area contributed by atoms with Crippen LogP contribution in [0.15, 0.2) is 18.2 Å². The highest BCUT2D eigenvalue weighted by molar-refractivity contribution is 5.79. The predicted octanol–water partition coefficient (Wildman–Crippen LogP) is 3.22. The quantitative estimate of drug-likeness (QED) is 0.915. The van der Waals surface area contributed by atoms with Gasteiger partial charge in [0.2, 0.25) is 5.91 Å². The van der Waals surface area contributed by atoms with Crippen molar-refractivity contribution in [1.82, 2.24) is 5.32 Å². The van der Waals surface area contributed by atoms with Crippen molar-refractivity contribution in [1.29, 1.82) is 5.26 Å². The van der Waals surface area contributed by atoms with Crippen LogP contribution in [0.4, 0.5) is 10.1 Å². The van der Waals surface area contributed by atoms with Gasteiger partial charge in [-0.05, 0) is 68.6 Å². The van der Waals surface area contributed by atoms with Crippen LogP contribution >= 0.6 is 0 Å². The fourth-order valence-electron chi connectivity index (χ4n) is 4.31. The van der Waals surface area contributed by atoms with E-state index in [1.807, 2.05) is 11.0 Å². The molecule has 1 aromatic carbocycles. The summed E-state index contributed by atoms with van der Waals surface area (Å²) >= 11 is 0. The molecule has 2 aliphatic carbocycles. The van der Waals surface area contributed by atoms with Crippen molar-refractivity contribution in [3.05, 3.63) is 29.6 Å². The zero-order valence-corrected chi connectivity index (χ0v) is 14.4. The van der Waals surface area contributed by atoms with E-state index >= 15 is 0 Å². The highest BCUT2D eigenvalue weighted by Gasteiger charge is 2.43. The Morgan fingerprint density at radius 2 is 1.92 bits per heavy atom. The maximum absolute atomic E-state index is 14.2. The maximum Gasteiger partial charge on any atom is 0.223 e. The van der Waals surface area contributed by atoms with Crippen LogP contribution in [-0.4, -0.2) is 25.0 Å². The SMILES string of the molecule is N#Cc1ccc(N2CCC(C(=O)NC3CCC3C3CC3)CC2)c(F)c1. The summed E-state index contributed by atoms with van der Waals surface area (Å²) in [6, 6.07) is 6.95. The number of nitriles is 1. The lowest BCUT2D eigenvalue weighted by atomic mass is 9.76. The molecule has 4 rings (SSSR count). The van der Waals surface area contributed by atoms with Gasteiger partial charge in [0, 0.05) is 25.0 Å². The number of rotatable bonds is 4. The Morgan fingerprint density at radius 1 is 1.16 bits per heavy atom. The van der Waals surface area contributed by atoms with Crippen molar-refractivity contribution >= 4 is 11.6 Å². The summed E-state index contributed by atoms with van der Waals surface area (Å²) in [5, 5.41) is 12.1. The molecule has 1 N–H and O–H groups in total. The molecule has 1 saturated heterocycles. The molecule has 1 aliphatic heterocycles. The van der Waals surface area contributed by atoms with Crippen LogP contribution in [0.1, 0.15) is 44.1 Å². The largest absolute Gasteiger partial charge is 0.369 e. The minimum atomic E-state index is -0.358. The molecule has 25 heavy (non-hydrogen) atoms. The summed E-state index contributed by atoms with van der Waals surface area (Å²) in [7, 11) is 0. The van der Waals surface area contributed by atoms with Gasteiger partial charge >= 0.3 is 0 Å². The lowest BCUT2D eigenvalue weighted by Gasteiger charge is -2.39. The van der Waals surface area contributed by atoms with Crippen LogP contribution in [0.25, 0.3) is 0 Å². The first-order valence-corrected chi connectivity index (χ1v) is 9.40. The zero-order valence-electron chi connectivity index (χ0n) is 14.4. The number of anilines is 1. The second kappa shape index (κ2) is 6.67. The third-order valence-electron chi connectivity index (χ3n) is 6.17. The van der Waals surface area contributed by atoms with Crippen LogP contribution in [0.5, 0.6) is 0 Å². The van der Waals surface area contributed by atoms with E-state index in [1.165, 1.54) is 25.3 Å². The van der Waals surface area contributed by atoms with Crippen LogP contribution < -0.4 is 10.2 Å². The molecule has 0 aromatic heterocycles. The maximum atomic E-state index is 14.2. The number of hydrogen-bond acceptors (Lipinski definition) is 3. The molecule has 2 saturated carbocycles. The Morgan fingerprint density at radius 3 is 2.48 bits per heavy atom. The average Bonchev–Trinajstić information content (AvgIpc) is 3.43. The molecule has 2 unspecified atom stereocenters. The van der Waals surface area contributed by atoms with E-state index in [9.17, 15) is 9.18 Å². The van der Waals surface area contributed by atoms with Gasteiger partial charge in [0.15, 0.2) is 0 Å². The highest BCUT2D eigenvalue weighted by Crippen LogP contribution is 2.47. The smallest absolute Gasteiger partial charge is 0.223 e. The molecule has 132 valence electrons. The van der Waals surface area contributed by atoms with Crippen LogP contribution in [-0.2, 0) is 4.79 Å².